The van der Waals surface area contributed by atoms with Crippen LogP contribution in [0.3, 0.4) is 0 Å². The monoisotopic (exact) mass is 323 g/mol. The number of ether oxygens (including phenoxy) is 2. The van der Waals surface area contributed by atoms with Crippen LogP contribution in [0.1, 0.15) is 25.3 Å². The van der Waals surface area contributed by atoms with Crippen molar-refractivity contribution in [1.29, 1.82) is 5.26 Å². The van der Waals surface area contributed by atoms with Gasteiger partial charge in [0.05, 0.1) is 18.1 Å². The number of nitrogens with one attached hydrogen (secondary N) is 1. The van der Waals surface area contributed by atoms with Crippen LogP contribution in [0, 0.1) is 11.3 Å². The molecule has 24 heavy (non-hydrogen) atoms. The summed E-state index contributed by atoms with van der Waals surface area (Å²) in [6, 6.07) is 9.67. The van der Waals surface area contributed by atoms with Crippen LogP contribution in [0.4, 0.5) is 0 Å². The average molecular weight is 323 g/mol. The lowest BCUT2D eigenvalue weighted by atomic mass is 9.81. The molecule has 1 aliphatic rings. The fourth-order valence-corrected chi connectivity index (χ4v) is 3.03. The number of benzene rings is 1. The molecule has 0 radical (unpaired) electrons. The summed E-state index contributed by atoms with van der Waals surface area (Å²) in [4.78, 5) is 15.6. The number of aromatic nitrogens is 1. The number of nitriles is 1. The van der Waals surface area contributed by atoms with Crippen LogP contribution in [-0.4, -0.2) is 17.6 Å². The molecule has 1 aromatic carbocycles. The molecule has 1 atom stereocenters. The van der Waals surface area contributed by atoms with E-state index in [9.17, 15) is 10.1 Å². The lowest BCUT2D eigenvalue weighted by molar-refractivity contribution is -0.139. The highest BCUT2D eigenvalue weighted by atomic mass is 16.5. The summed E-state index contributed by atoms with van der Waals surface area (Å²) in [6.45, 7) is 3.62. The molecule has 1 aromatic heterocycles. The quantitative estimate of drug-likeness (QED) is 0.846. The SMILES string of the molecule is CCOC(=O)C1=C(C)OC(N)=C(C#N)C1c1cccc2[nH]ccc12. The Kier molecular flexibility index (Phi) is 4.00. The minimum absolute atomic E-state index is 0.0144. The molecule has 0 fully saturated rings. The van der Waals surface area contributed by atoms with Gasteiger partial charge in [-0.2, -0.15) is 5.26 Å². The Morgan fingerprint density at radius 1 is 1.46 bits per heavy atom. The summed E-state index contributed by atoms with van der Waals surface area (Å²) in [5.41, 5.74) is 8.13. The van der Waals surface area contributed by atoms with Crippen LogP contribution in [0.15, 0.2) is 53.3 Å². The van der Waals surface area contributed by atoms with Crippen LogP contribution in [0.2, 0.25) is 0 Å². The summed E-state index contributed by atoms with van der Waals surface area (Å²) in [6.07, 6.45) is 1.81. The highest BCUT2D eigenvalue weighted by Gasteiger charge is 2.37. The molecule has 1 unspecified atom stereocenters. The largest absolute Gasteiger partial charge is 0.463 e. The standard InChI is InChI=1S/C18H17N3O3/c1-3-23-18(22)15-10(2)24-17(20)13(9-19)16(15)12-5-4-6-14-11(12)7-8-21-14/h4-8,16,21H,3,20H2,1-2H3. The van der Waals surface area contributed by atoms with Crippen molar-refractivity contribution < 1.29 is 14.3 Å². The van der Waals surface area contributed by atoms with Gasteiger partial charge in [0, 0.05) is 17.1 Å². The Labute approximate surface area is 139 Å². The van der Waals surface area contributed by atoms with E-state index in [0.29, 0.717) is 11.3 Å². The molecule has 122 valence electrons. The second kappa shape index (κ2) is 6.13. The highest BCUT2D eigenvalue weighted by Crippen LogP contribution is 2.41. The van der Waals surface area contributed by atoms with E-state index in [4.69, 9.17) is 15.2 Å². The molecule has 3 N–H and O–H groups in total. The van der Waals surface area contributed by atoms with Crippen molar-refractivity contribution in [2.24, 2.45) is 5.73 Å². The fraction of sp³-hybridized carbons (Fsp3) is 0.222. The van der Waals surface area contributed by atoms with Crippen molar-refractivity contribution in [3.63, 3.8) is 0 Å². The number of nitrogens with zero attached hydrogens (tertiary/aromatic N) is 1. The lowest BCUT2D eigenvalue weighted by Crippen LogP contribution is -2.25. The minimum Gasteiger partial charge on any atom is -0.463 e. The molecular weight excluding hydrogens is 306 g/mol. The Bertz CT molecular complexity index is 915. The van der Waals surface area contributed by atoms with Crippen molar-refractivity contribution in [2.45, 2.75) is 19.8 Å². The first-order valence-corrected chi connectivity index (χ1v) is 7.60. The Balaban J connectivity index is 2.25. The third-order valence-corrected chi connectivity index (χ3v) is 4.04. The predicted octanol–water partition coefficient (Wildman–Crippen LogP) is 2.81. The highest BCUT2D eigenvalue weighted by molar-refractivity contribution is 5.95. The molecule has 3 rings (SSSR count). The van der Waals surface area contributed by atoms with Crippen LogP contribution in [0.5, 0.6) is 0 Å². The summed E-state index contributed by atoms with van der Waals surface area (Å²) < 4.78 is 10.6. The van der Waals surface area contributed by atoms with E-state index in [1.807, 2.05) is 30.5 Å². The zero-order valence-corrected chi connectivity index (χ0v) is 13.4. The van der Waals surface area contributed by atoms with E-state index >= 15 is 0 Å². The smallest absolute Gasteiger partial charge is 0.338 e. The first kappa shape index (κ1) is 15.7. The van der Waals surface area contributed by atoms with Crippen molar-refractivity contribution in [3.8, 4) is 6.07 Å². The number of fused-ring (bicyclic) bond motifs is 1. The van der Waals surface area contributed by atoms with Gasteiger partial charge in [-0.15, -0.1) is 0 Å². The Morgan fingerprint density at radius 2 is 2.25 bits per heavy atom. The first-order valence-electron chi connectivity index (χ1n) is 7.60. The van der Waals surface area contributed by atoms with Gasteiger partial charge in [-0.25, -0.2) is 4.79 Å². The number of carbonyl (C=O) groups excluding carboxylic acids is 1. The molecule has 0 saturated carbocycles. The molecule has 0 aliphatic carbocycles. The molecule has 2 heterocycles. The summed E-state index contributed by atoms with van der Waals surface area (Å²) in [7, 11) is 0. The fourth-order valence-electron chi connectivity index (χ4n) is 3.03. The molecule has 2 aromatic rings. The molecule has 6 nitrogen and oxygen atoms in total. The molecule has 0 amide bonds. The minimum atomic E-state index is -0.623. The second-order valence-corrected chi connectivity index (χ2v) is 5.40. The molecule has 0 saturated heterocycles. The third kappa shape index (κ3) is 2.40. The van der Waals surface area contributed by atoms with Crippen LogP contribution >= 0.6 is 0 Å². The van der Waals surface area contributed by atoms with Gasteiger partial charge in [0.25, 0.3) is 0 Å². The van der Waals surface area contributed by atoms with E-state index in [2.05, 4.69) is 11.1 Å². The number of H-pyrrole nitrogens is 1. The van der Waals surface area contributed by atoms with Crippen LogP contribution in [-0.2, 0) is 14.3 Å². The number of hydrogen-bond acceptors (Lipinski definition) is 5. The maximum Gasteiger partial charge on any atom is 0.338 e. The average Bonchev–Trinajstić information content (AvgIpc) is 3.03. The maximum absolute atomic E-state index is 12.5. The van der Waals surface area contributed by atoms with Gasteiger partial charge < -0.3 is 20.2 Å². The molecule has 1 aliphatic heterocycles. The van der Waals surface area contributed by atoms with Crippen LogP contribution < -0.4 is 5.73 Å². The normalized spacial score (nSPS) is 17.6. The van der Waals surface area contributed by atoms with Gasteiger partial charge >= 0.3 is 5.97 Å². The van der Waals surface area contributed by atoms with Gasteiger partial charge in [-0.1, -0.05) is 12.1 Å². The zero-order chi connectivity index (χ0) is 17.3. The van der Waals surface area contributed by atoms with Crippen molar-refractivity contribution >= 4 is 16.9 Å². The molecule has 0 bridgehead atoms. The zero-order valence-electron chi connectivity index (χ0n) is 13.4. The van der Waals surface area contributed by atoms with Gasteiger partial charge in [0.15, 0.2) is 0 Å². The number of allylic oxidation sites excluding steroid dienone is 2. The van der Waals surface area contributed by atoms with E-state index < -0.39 is 11.9 Å². The Hall–Kier alpha value is -3.20. The van der Waals surface area contributed by atoms with Gasteiger partial charge in [0.1, 0.15) is 17.4 Å². The molecule has 0 spiro atoms. The number of hydrogen-bond donors (Lipinski definition) is 2. The number of aromatic amines is 1. The lowest BCUT2D eigenvalue weighted by Gasteiger charge is -2.27. The number of esters is 1. The number of rotatable bonds is 3. The Morgan fingerprint density at radius 3 is 2.96 bits per heavy atom. The van der Waals surface area contributed by atoms with E-state index in [1.54, 1.807) is 13.8 Å². The number of nitrogens with two attached hydrogens (primary N) is 1. The van der Waals surface area contributed by atoms with E-state index in [1.165, 1.54) is 0 Å². The van der Waals surface area contributed by atoms with E-state index in [-0.39, 0.29) is 18.1 Å². The van der Waals surface area contributed by atoms with Crippen LogP contribution in [0.25, 0.3) is 10.9 Å². The van der Waals surface area contributed by atoms with Crippen molar-refractivity contribution in [3.05, 3.63) is 58.8 Å². The van der Waals surface area contributed by atoms with Crippen molar-refractivity contribution in [2.75, 3.05) is 6.61 Å². The van der Waals surface area contributed by atoms with Crippen molar-refractivity contribution in [1.82, 2.24) is 4.98 Å². The predicted molar refractivity (Wildman–Crippen MR) is 88.3 cm³/mol. The number of carbonyl (C=O) groups is 1. The molecule has 6 heteroatoms. The summed E-state index contributed by atoms with van der Waals surface area (Å²) in [5, 5.41) is 10.5. The van der Waals surface area contributed by atoms with Gasteiger partial charge in [-0.3, -0.25) is 0 Å². The molecular formula is C18H17N3O3. The maximum atomic E-state index is 12.5. The van der Waals surface area contributed by atoms with Gasteiger partial charge in [0.2, 0.25) is 5.88 Å². The summed E-state index contributed by atoms with van der Waals surface area (Å²) >= 11 is 0. The van der Waals surface area contributed by atoms with Gasteiger partial charge in [-0.05, 0) is 31.5 Å². The van der Waals surface area contributed by atoms with E-state index in [0.717, 1.165) is 16.5 Å². The topological polar surface area (TPSA) is 101 Å². The third-order valence-electron chi connectivity index (χ3n) is 4.04. The second-order valence-electron chi connectivity index (χ2n) is 5.40. The first-order chi connectivity index (χ1) is 11.6. The summed E-state index contributed by atoms with van der Waals surface area (Å²) in [5.74, 6) is -0.766.